The number of aryl methyl sites for hydroxylation is 2. The lowest BCUT2D eigenvalue weighted by molar-refractivity contribution is 0.988. The number of benzene rings is 1. The topological polar surface area (TPSA) is 43.6 Å². The van der Waals surface area contributed by atoms with E-state index < -0.39 is 0 Å². The molecular weight excluding hydrogens is 248 g/mol. The van der Waals surface area contributed by atoms with Gasteiger partial charge in [0.25, 0.3) is 0 Å². The van der Waals surface area contributed by atoms with Crippen LogP contribution in [0.4, 0.5) is 0 Å². The molecule has 0 aliphatic carbocycles. The third-order valence-electron chi connectivity index (χ3n) is 2.93. The predicted octanol–water partition coefficient (Wildman–Crippen LogP) is 3.09. The molecule has 90 valence electrons. The van der Waals surface area contributed by atoms with Gasteiger partial charge in [0.05, 0.1) is 5.69 Å². The summed E-state index contributed by atoms with van der Waals surface area (Å²) in [4.78, 5) is 12.6. The minimum absolute atomic E-state index is 0.420. The van der Waals surface area contributed by atoms with Gasteiger partial charge in [-0.2, -0.15) is 0 Å². The fraction of sp³-hybridized carbons (Fsp3) is 0.154. The van der Waals surface area contributed by atoms with Crippen LogP contribution in [0.2, 0.25) is 5.15 Å². The first-order valence-corrected chi connectivity index (χ1v) is 5.98. The first-order valence-electron chi connectivity index (χ1n) is 5.60. The van der Waals surface area contributed by atoms with Crippen LogP contribution in [0.1, 0.15) is 11.4 Å². The lowest BCUT2D eigenvalue weighted by Gasteiger charge is -2.10. The number of nitrogens with zero attached hydrogens (tertiary/aromatic N) is 4. The molecule has 4 nitrogen and oxygen atoms in total. The highest BCUT2D eigenvalue weighted by Crippen LogP contribution is 2.26. The van der Waals surface area contributed by atoms with Crippen molar-refractivity contribution in [3.63, 3.8) is 0 Å². The van der Waals surface area contributed by atoms with E-state index >= 15 is 0 Å². The number of fused-ring (bicyclic) bond motifs is 1. The molecule has 0 spiro atoms. The minimum atomic E-state index is 0.420. The summed E-state index contributed by atoms with van der Waals surface area (Å²) < 4.78 is 1.99. The lowest BCUT2D eigenvalue weighted by Crippen LogP contribution is -2.00. The quantitative estimate of drug-likeness (QED) is 0.630. The number of hydrogen-bond acceptors (Lipinski definition) is 3. The van der Waals surface area contributed by atoms with Crippen LogP contribution in [0.25, 0.3) is 16.9 Å². The number of halogens is 1. The van der Waals surface area contributed by atoms with Gasteiger partial charge in [0.1, 0.15) is 17.7 Å². The Labute approximate surface area is 109 Å². The maximum absolute atomic E-state index is 6.17. The number of para-hydroxylation sites is 1. The van der Waals surface area contributed by atoms with E-state index in [9.17, 15) is 0 Å². The van der Waals surface area contributed by atoms with E-state index in [2.05, 4.69) is 27.9 Å². The molecule has 0 N–H and O–H groups in total. The van der Waals surface area contributed by atoms with Gasteiger partial charge in [-0.15, -0.1) is 0 Å². The summed E-state index contributed by atoms with van der Waals surface area (Å²) in [5, 5.41) is 0.420. The van der Waals surface area contributed by atoms with Gasteiger partial charge >= 0.3 is 0 Å². The van der Waals surface area contributed by atoms with Crippen molar-refractivity contribution >= 4 is 22.8 Å². The molecule has 0 saturated heterocycles. The van der Waals surface area contributed by atoms with Crippen LogP contribution in [0.3, 0.4) is 0 Å². The highest BCUT2D eigenvalue weighted by molar-refractivity contribution is 6.33. The fourth-order valence-electron chi connectivity index (χ4n) is 2.10. The van der Waals surface area contributed by atoms with Crippen LogP contribution in [0.15, 0.2) is 30.6 Å². The standard InChI is InChI=1S/C13H11ClN4/c1-8-5-3-4-6-10(8)18-9(2)17-13-11(18)12(14)15-7-16-13/h3-7H,1-2H3. The molecule has 5 heteroatoms. The molecule has 0 unspecified atom stereocenters. The van der Waals surface area contributed by atoms with Crippen LogP contribution in [-0.4, -0.2) is 19.5 Å². The van der Waals surface area contributed by atoms with Crippen molar-refractivity contribution in [2.24, 2.45) is 0 Å². The summed E-state index contributed by atoms with van der Waals surface area (Å²) in [6.07, 6.45) is 1.43. The van der Waals surface area contributed by atoms with E-state index in [4.69, 9.17) is 11.6 Å². The third kappa shape index (κ3) is 1.57. The number of rotatable bonds is 1. The first-order chi connectivity index (χ1) is 8.68. The van der Waals surface area contributed by atoms with Crippen molar-refractivity contribution in [3.05, 3.63) is 47.1 Å². The zero-order valence-corrected chi connectivity index (χ0v) is 10.8. The molecule has 18 heavy (non-hydrogen) atoms. The molecule has 0 fully saturated rings. The molecule has 0 radical (unpaired) electrons. The van der Waals surface area contributed by atoms with Gasteiger partial charge in [-0.1, -0.05) is 29.8 Å². The van der Waals surface area contributed by atoms with Gasteiger partial charge in [0.2, 0.25) is 0 Å². The number of aromatic nitrogens is 4. The second-order valence-corrected chi connectivity index (χ2v) is 4.48. The van der Waals surface area contributed by atoms with Crippen LogP contribution in [0, 0.1) is 13.8 Å². The average molecular weight is 259 g/mol. The van der Waals surface area contributed by atoms with Crippen LogP contribution in [-0.2, 0) is 0 Å². The molecule has 2 heterocycles. The minimum Gasteiger partial charge on any atom is -0.292 e. The van der Waals surface area contributed by atoms with Crippen LogP contribution < -0.4 is 0 Å². The Morgan fingerprint density at radius 2 is 1.89 bits per heavy atom. The normalized spacial score (nSPS) is 11.1. The molecule has 3 rings (SSSR count). The van der Waals surface area contributed by atoms with E-state index in [1.165, 1.54) is 6.33 Å². The Morgan fingerprint density at radius 1 is 1.11 bits per heavy atom. The lowest BCUT2D eigenvalue weighted by atomic mass is 10.2. The summed E-state index contributed by atoms with van der Waals surface area (Å²) in [6, 6.07) is 8.09. The van der Waals surface area contributed by atoms with Crippen molar-refractivity contribution in [1.82, 2.24) is 19.5 Å². The molecule has 0 bridgehead atoms. The molecule has 0 aliphatic heterocycles. The van der Waals surface area contributed by atoms with E-state index in [0.717, 1.165) is 22.6 Å². The monoisotopic (exact) mass is 258 g/mol. The summed E-state index contributed by atoms with van der Waals surface area (Å²) in [5.41, 5.74) is 3.58. The van der Waals surface area contributed by atoms with Gasteiger partial charge in [0.15, 0.2) is 10.8 Å². The van der Waals surface area contributed by atoms with E-state index in [0.29, 0.717) is 10.8 Å². The van der Waals surface area contributed by atoms with Gasteiger partial charge < -0.3 is 0 Å². The van der Waals surface area contributed by atoms with Gasteiger partial charge in [-0.25, -0.2) is 15.0 Å². The summed E-state index contributed by atoms with van der Waals surface area (Å²) in [6.45, 7) is 3.99. The molecule has 1 aromatic carbocycles. The molecule has 0 atom stereocenters. The second kappa shape index (κ2) is 4.07. The molecule has 3 aromatic rings. The zero-order chi connectivity index (χ0) is 12.7. The first kappa shape index (κ1) is 11.2. The Bertz CT molecular complexity index is 733. The molecular formula is C13H11ClN4. The second-order valence-electron chi connectivity index (χ2n) is 4.12. The van der Waals surface area contributed by atoms with E-state index in [1.807, 2.05) is 29.7 Å². The molecule has 0 saturated carbocycles. The van der Waals surface area contributed by atoms with Gasteiger partial charge in [-0.05, 0) is 25.5 Å². The van der Waals surface area contributed by atoms with Crippen molar-refractivity contribution in [1.29, 1.82) is 0 Å². The predicted molar refractivity (Wildman–Crippen MR) is 71.1 cm³/mol. The van der Waals surface area contributed by atoms with Crippen molar-refractivity contribution in [2.75, 3.05) is 0 Å². The highest BCUT2D eigenvalue weighted by Gasteiger charge is 2.14. The van der Waals surface area contributed by atoms with Gasteiger partial charge in [0, 0.05) is 0 Å². The fourth-order valence-corrected chi connectivity index (χ4v) is 2.31. The Kier molecular flexibility index (Phi) is 2.52. The van der Waals surface area contributed by atoms with Crippen molar-refractivity contribution in [3.8, 4) is 5.69 Å². The van der Waals surface area contributed by atoms with Crippen LogP contribution >= 0.6 is 11.6 Å². The zero-order valence-electron chi connectivity index (χ0n) is 10.1. The highest BCUT2D eigenvalue weighted by atomic mass is 35.5. The average Bonchev–Trinajstić information content (AvgIpc) is 2.68. The largest absolute Gasteiger partial charge is 0.292 e. The smallest absolute Gasteiger partial charge is 0.182 e. The Morgan fingerprint density at radius 3 is 2.67 bits per heavy atom. The van der Waals surface area contributed by atoms with Crippen molar-refractivity contribution < 1.29 is 0 Å². The molecule has 2 aromatic heterocycles. The number of imidazole rings is 1. The van der Waals surface area contributed by atoms with E-state index in [1.54, 1.807) is 0 Å². The van der Waals surface area contributed by atoms with Crippen molar-refractivity contribution in [2.45, 2.75) is 13.8 Å². The van der Waals surface area contributed by atoms with Crippen LogP contribution in [0.5, 0.6) is 0 Å². The molecule has 0 aliphatic rings. The summed E-state index contributed by atoms with van der Waals surface area (Å²) >= 11 is 6.17. The number of hydrogen-bond donors (Lipinski definition) is 0. The van der Waals surface area contributed by atoms with Gasteiger partial charge in [-0.3, -0.25) is 4.57 Å². The maximum Gasteiger partial charge on any atom is 0.182 e. The Balaban J connectivity index is 2.43. The SMILES string of the molecule is Cc1ccccc1-n1c(C)nc2ncnc(Cl)c21. The summed E-state index contributed by atoms with van der Waals surface area (Å²) in [7, 11) is 0. The maximum atomic E-state index is 6.17. The van der Waals surface area contributed by atoms with E-state index in [-0.39, 0.29) is 0 Å². The summed E-state index contributed by atoms with van der Waals surface area (Å²) in [5.74, 6) is 0.849. The third-order valence-corrected chi connectivity index (χ3v) is 3.21. The Hall–Kier alpha value is -1.94. The molecule has 0 amide bonds.